The van der Waals surface area contributed by atoms with Gasteiger partial charge in [-0.2, -0.15) is 0 Å². The number of fused-ring (bicyclic) bond motifs is 1. The first kappa shape index (κ1) is 16.6. The molecule has 1 aromatic rings. The first-order chi connectivity index (χ1) is 11.9. The summed E-state index contributed by atoms with van der Waals surface area (Å²) in [5.74, 6) is 0.673. The molecule has 3 atom stereocenters. The van der Waals surface area contributed by atoms with Crippen molar-refractivity contribution in [3.8, 4) is 0 Å². The highest BCUT2D eigenvalue weighted by atomic mass is 16.5. The lowest BCUT2D eigenvalue weighted by Gasteiger charge is -2.36. The Bertz CT molecular complexity index is 486. The van der Waals surface area contributed by atoms with E-state index in [1.807, 2.05) is 6.26 Å². The molecule has 0 bridgehead atoms. The molecule has 3 aliphatic rings. The van der Waals surface area contributed by atoms with Crippen molar-refractivity contribution in [1.82, 2.24) is 4.90 Å². The van der Waals surface area contributed by atoms with Crippen molar-refractivity contribution >= 4 is 0 Å². The Morgan fingerprint density at radius 2 is 2.00 bits per heavy atom. The van der Waals surface area contributed by atoms with Gasteiger partial charge in [0.15, 0.2) is 0 Å². The maximum Gasteiger partial charge on any atom is 0.0947 e. The molecule has 134 valence electrons. The van der Waals surface area contributed by atoms with E-state index in [9.17, 15) is 0 Å². The van der Waals surface area contributed by atoms with Crippen LogP contribution in [0.1, 0.15) is 37.7 Å². The van der Waals surface area contributed by atoms with Gasteiger partial charge in [0.1, 0.15) is 0 Å². The molecule has 0 spiro atoms. The summed E-state index contributed by atoms with van der Waals surface area (Å²) in [4.78, 5) is 2.55. The van der Waals surface area contributed by atoms with E-state index in [1.165, 1.54) is 12.0 Å². The lowest BCUT2D eigenvalue weighted by atomic mass is 9.99. The molecule has 4 rings (SSSR count). The van der Waals surface area contributed by atoms with E-state index in [4.69, 9.17) is 18.6 Å². The molecule has 3 fully saturated rings. The zero-order valence-corrected chi connectivity index (χ0v) is 14.4. The van der Waals surface area contributed by atoms with Gasteiger partial charge in [0.05, 0.1) is 31.3 Å². The van der Waals surface area contributed by atoms with Crippen LogP contribution in [0.2, 0.25) is 0 Å². The Morgan fingerprint density at radius 3 is 2.83 bits per heavy atom. The largest absolute Gasteiger partial charge is 0.472 e. The lowest BCUT2D eigenvalue weighted by Crippen LogP contribution is -2.43. The fourth-order valence-corrected chi connectivity index (χ4v) is 4.30. The average Bonchev–Trinajstić information content (AvgIpc) is 3.26. The number of furan rings is 1. The summed E-state index contributed by atoms with van der Waals surface area (Å²) in [5, 5.41) is 0. The van der Waals surface area contributed by atoms with Crippen LogP contribution >= 0.6 is 0 Å². The number of nitrogens with zero attached hydrogens (tertiary/aromatic N) is 1. The van der Waals surface area contributed by atoms with E-state index in [-0.39, 0.29) is 6.10 Å². The molecular formula is C19H29NO4. The van der Waals surface area contributed by atoms with Crippen molar-refractivity contribution in [3.05, 3.63) is 24.2 Å². The van der Waals surface area contributed by atoms with Gasteiger partial charge in [0.2, 0.25) is 0 Å². The monoisotopic (exact) mass is 335 g/mol. The first-order valence-electron chi connectivity index (χ1n) is 9.44. The fraction of sp³-hybridized carbons (Fsp3) is 0.789. The Labute approximate surface area is 144 Å². The first-order valence-corrected chi connectivity index (χ1v) is 9.44. The van der Waals surface area contributed by atoms with Crippen LogP contribution in [-0.2, 0) is 20.8 Å². The summed E-state index contributed by atoms with van der Waals surface area (Å²) in [7, 11) is 0. The summed E-state index contributed by atoms with van der Waals surface area (Å²) < 4.78 is 22.9. The van der Waals surface area contributed by atoms with Crippen molar-refractivity contribution in [3.63, 3.8) is 0 Å². The number of hydrogen-bond acceptors (Lipinski definition) is 5. The summed E-state index contributed by atoms with van der Waals surface area (Å²) in [6, 6.07) is 2.62. The van der Waals surface area contributed by atoms with E-state index in [0.29, 0.717) is 18.1 Å². The van der Waals surface area contributed by atoms with Gasteiger partial charge in [-0.25, -0.2) is 0 Å². The minimum atomic E-state index is 0.278. The zero-order chi connectivity index (χ0) is 16.2. The predicted molar refractivity (Wildman–Crippen MR) is 89.8 cm³/mol. The predicted octanol–water partition coefficient (Wildman–Crippen LogP) is 2.84. The minimum absolute atomic E-state index is 0.278. The molecule has 1 aromatic heterocycles. The van der Waals surface area contributed by atoms with Gasteiger partial charge in [-0.1, -0.05) is 0 Å². The van der Waals surface area contributed by atoms with Crippen LogP contribution in [0.15, 0.2) is 23.0 Å². The Kier molecular flexibility index (Phi) is 5.53. The van der Waals surface area contributed by atoms with Crippen molar-refractivity contribution in [1.29, 1.82) is 0 Å². The topological polar surface area (TPSA) is 44.1 Å². The molecule has 3 saturated heterocycles. The quantitative estimate of drug-likeness (QED) is 0.800. The van der Waals surface area contributed by atoms with E-state index >= 15 is 0 Å². The number of likely N-dealkylation sites (tertiary alicyclic amines) is 1. The van der Waals surface area contributed by atoms with Crippen molar-refractivity contribution in [2.24, 2.45) is 5.92 Å². The molecule has 0 saturated carbocycles. The van der Waals surface area contributed by atoms with Crippen LogP contribution in [0.3, 0.4) is 0 Å². The molecular weight excluding hydrogens is 306 g/mol. The van der Waals surface area contributed by atoms with E-state index in [1.54, 1.807) is 6.26 Å². The third-order valence-electron chi connectivity index (χ3n) is 5.71. The molecule has 5 heteroatoms. The minimum Gasteiger partial charge on any atom is -0.472 e. The van der Waals surface area contributed by atoms with Crippen LogP contribution in [0.5, 0.6) is 0 Å². The average molecular weight is 335 g/mol. The third kappa shape index (κ3) is 4.02. The lowest BCUT2D eigenvalue weighted by molar-refractivity contribution is -0.105. The highest BCUT2D eigenvalue weighted by Gasteiger charge is 2.39. The van der Waals surface area contributed by atoms with Crippen LogP contribution in [0, 0.1) is 5.92 Å². The molecule has 3 aliphatic heterocycles. The molecule has 0 radical (unpaired) electrons. The summed E-state index contributed by atoms with van der Waals surface area (Å²) in [6.45, 7) is 5.50. The van der Waals surface area contributed by atoms with Crippen LogP contribution in [0.25, 0.3) is 0 Å². The molecule has 0 unspecified atom stereocenters. The second-order valence-corrected chi connectivity index (χ2v) is 7.43. The molecule has 0 aliphatic carbocycles. The molecule has 24 heavy (non-hydrogen) atoms. The normalized spacial score (nSPS) is 32.1. The van der Waals surface area contributed by atoms with Gasteiger partial charge < -0.3 is 18.6 Å². The second-order valence-electron chi connectivity index (χ2n) is 7.43. The second kappa shape index (κ2) is 8.00. The van der Waals surface area contributed by atoms with Crippen LogP contribution in [-0.4, -0.2) is 56.1 Å². The summed E-state index contributed by atoms with van der Waals surface area (Å²) in [5.41, 5.74) is 1.26. The third-order valence-corrected chi connectivity index (χ3v) is 5.71. The van der Waals surface area contributed by atoms with Gasteiger partial charge in [-0.05, 0) is 44.1 Å². The van der Waals surface area contributed by atoms with Crippen LogP contribution in [0.4, 0.5) is 0 Å². The van der Waals surface area contributed by atoms with E-state index < -0.39 is 0 Å². The molecule has 0 amide bonds. The van der Waals surface area contributed by atoms with Gasteiger partial charge in [-0.3, -0.25) is 4.90 Å². The number of hydrogen-bond donors (Lipinski definition) is 0. The molecule has 0 aromatic carbocycles. The Balaban J connectivity index is 1.19. The van der Waals surface area contributed by atoms with E-state index in [0.717, 1.165) is 65.2 Å². The maximum absolute atomic E-state index is 6.33. The summed E-state index contributed by atoms with van der Waals surface area (Å²) in [6.07, 6.45) is 10.0. The Hall–Kier alpha value is -0.880. The SMILES string of the molecule is c1cc(CN2CC[C@@H]3O[C@@H](COCC4CCOCC4)CC[C@@H]32)co1. The number of rotatable bonds is 6. The zero-order valence-electron chi connectivity index (χ0n) is 14.4. The maximum atomic E-state index is 6.33. The highest BCUT2D eigenvalue weighted by Crippen LogP contribution is 2.32. The molecule has 0 N–H and O–H groups in total. The van der Waals surface area contributed by atoms with Gasteiger partial charge >= 0.3 is 0 Å². The smallest absolute Gasteiger partial charge is 0.0947 e. The highest BCUT2D eigenvalue weighted by molar-refractivity contribution is 5.07. The van der Waals surface area contributed by atoms with Gasteiger partial charge in [0.25, 0.3) is 0 Å². The number of ether oxygens (including phenoxy) is 3. The molecule has 4 heterocycles. The van der Waals surface area contributed by atoms with Crippen molar-refractivity contribution < 1.29 is 18.6 Å². The van der Waals surface area contributed by atoms with E-state index in [2.05, 4.69) is 11.0 Å². The van der Waals surface area contributed by atoms with Crippen LogP contribution < -0.4 is 0 Å². The molecule has 5 nitrogen and oxygen atoms in total. The van der Waals surface area contributed by atoms with Crippen molar-refractivity contribution in [2.45, 2.75) is 56.9 Å². The fourth-order valence-electron chi connectivity index (χ4n) is 4.30. The van der Waals surface area contributed by atoms with Crippen molar-refractivity contribution in [2.75, 3.05) is 33.0 Å². The summed E-state index contributed by atoms with van der Waals surface area (Å²) >= 11 is 0. The standard InChI is InChI=1S/C19H29NO4/c1-2-18-19(3-7-20(18)11-16-6-10-22-13-16)24-17(1)14-23-12-15-4-8-21-9-5-15/h6,10,13,15,17-19H,1-5,7-9,11-12,14H2/t17-,18+,19+/m1/s1. The van der Waals surface area contributed by atoms with Gasteiger partial charge in [-0.15, -0.1) is 0 Å². The van der Waals surface area contributed by atoms with Gasteiger partial charge in [0, 0.05) is 44.5 Å². The Morgan fingerprint density at radius 1 is 1.08 bits per heavy atom.